The lowest BCUT2D eigenvalue weighted by Crippen LogP contribution is -2.04. The van der Waals surface area contributed by atoms with Gasteiger partial charge in [-0.3, -0.25) is 4.79 Å². The molecule has 0 radical (unpaired) electrons. The van der Waals surface area contributed by atoms with E-state index in [4.69, 9.17) is 5.26 Å². The summed E-state index contributed by atoms with van der Waals surface area (Å²) in [5, 5.41) is 13.3. The molecule has 3 aromatic rings. The van der Waals surface area contributed by atoms with Gasteiger partial charge in [0, 0.05) is 12.5 Å². The van der Waals surface area contributed by atoms with Crippen LogP contribution in [0.1, 0.15) is 61.1 Å². The van der Waals surface area contributed by atoms with Crippen LogP contribution in [0.25, 0.3) is 16.9 Å². The van der Waals surface area contributed by atoms with E-state index in [0.29, 0.717) is 16.9 Å². The summed E-state index contributed by atoms with van der Waals surface area (Å²) >= 11 is 0. The average molecular weight is 389 g/mol. The number of carbonyl (C=O) groups is 1. The van der Waals surface area contributed by atoms with Gasteiger partial charge in [0.2, 0.25) is 0 Å². The molecule has 0 amide bonds. The van der Waals surface area contributed by atoms with Gasteiger partial charge in [0.25, 0.3) is 0 Å². The van der Waals surface area contributed by atoms with Crippen molar-refractivity contribution in [2.24, 2.45) is 0 Å². The Kier molecular flexibility index (Phi) is 6.56. The van der Waals surface area contributed by atoms with Gasteiger partial charge in [-0.1, -0.05) is 44.4 Å². The lowest BCUT2D eigenvalue weighted by atomic mass is 10.1. The minimum absolute atomic E-state index is 0.188. The molecule has 1 aromatic heterocycles. The van der Waals surface area contributed by atoms with Crippen LogP contribution >= 0.6 is 0 Å². The Morgan fingerprint density at radius 2 is 1.86 bits per heavy atom. The Morgan fingerprint density at radius 1 is 1.10 bits per heavy atom. The van der Waals surface area contributed by atoms with Gasteiger partial charge in [-0.25, -0.2) is 9.07 Å². The zero-order valence-electron chi connectivity index (χ0n) is 16.8. The third kappa shape index (κ3) is 4.78. The fourth-order valence-corrected chi connectivity index (χ4v) is 3.29. The molecule has 4 nitrogen and oxygen atoms in total. The number of rotatable bonds is 8. The molecule has 0 aliphatic rings. The smallest absolute Gasteiger partial charge is 0.180 e. The highest BCUT2D eigenvalue weighted by Crippen LogP contribution is 2.27. The Balaban J connectivity index is 1.97. The first-order valence-electron chi connectivity index (χ1n) is 9.93. The topological polar surface area (TPSA) is 58.7 Å². The van der Waals surface area contributed by atoms with E-state index in [-0.39, 0.29) is 17.3 Å². The van der Waals surface area contributed by atoms with Crippen LogP contribution in [-0.4, -0.2) is 15.6 Å². The lowest BCUT2D eigenvalue weighted by Gasteiger charge is -2.10. The Labute approximate surface area is 170 Å². The van der Waals surface area contributed by atoms with E-state index in [1.165, 1.54) is 24.4 Å². The zero-order chi connectivity index (χ0) is 20.8. The molecule has 5 heteroatoms. The van der Waals surface area contributed by atoms with Gasteiger partial charge < -0.3 is 0 Å². The molecule has 0 fully saturated rings. The van der Waals surface area contributed by atoms with E-state index in [1.807, 2.05) is 6.07 Å². The molecule has 0 spiro atoms. The monoisotopic (exact) mass is 389 g/mol. The van der Waals surface area contributed by atoms with Gasteiger partial charge in [-0.05, 0) is 48.7 Å². The summed E-state index contributed by atoms with van der Waals surface area (Å²) in [6.45, 7) is 3.60. The lowest BCUT2D eigenvalue weighted by molar-refractivity contribution is 0.101. The largest absolute Gasteiger partial charge is 0.293 e. The second-order valence-corrected chi connectivity index (χ2v) is 7.17. The molecule has 3 rings (SSSR count). The van der Waals surface area contributed by atoms with E-state index in [1.54, 1.807) is 42.5 Å². The minimum atomic E-state index is -0.369. The number of Topliss-reactive ketones (excluding diaryl/α,β-unsaturated/α-hetero) is 1. The molecule has 0 aliphatic heterocycles. The van der Waals surface area contributed by atoms with E-state index in [0.717, 1.165) is 30.4 Å². The van der Waals surface area contributed by atoms with Crippen LogP contribution in [0.5, 0.6) is 0 Å². The quantitative estimate of drug-likeness (QED) is 0.357. The third-order valence-corrected chi connectivity index (χ3v) is 4.94. The Morgan fingerprint density at radius 3 is 2.48 bits per heavy atom. The summed E-state index contributed by atoms with van der Waals surface area (Å²) in [5.41, 5.74) is 3.43. The third-order valence-electron chi connectivity index (χ3n) is 4.94. The van der Waals surface area contributed by atoms with Gasteiger partial charge in [0.1, 0.15) is 17.2 Å². The van der Waals surface area contributed by atoms with Gasteiger partial charge in [0.15, 0.2) is 5.78 Å². The molecule has 0 atom stereocenters. The molecular weight excluding hydrogens is 365 g/mol. The number of aryl methyl sites for hydroxylation is 1. The molecule has 0 aliphatic carbocycles. The molecule has 0 saturated carbocycles. The molecule has 0 saturated heterocycles. The number of nitriles is 1. The predicted molar refractivity (Wildman–Crippen MR) is 112 cm³/mol. The van der Waals surface area contributed by atoms with E-state index in [2.05, 4.69) is 18.1 Å². The highest BCUT2D eigenvalue weighted by atomic mass is 19.1. The van der Waals surface area contributed by atoms with Crippen LogP contribution in [0.15, 0.2) is 48.5 Å². The molecule has 148 valence electrons. The second kappa shape index (κ2) is 9.29. The van der Waals surface area contributed by atoms with Crippen LogP contribution in [0, 0.1) is 17.1 Å². The number of aromatic nitrogens is 2. The highest BCUT2D eigenvalue weighted by molar-refractivity contribution is 5.93. The van der Waals surface area contributed by atoms with Crippen molar-refractivity contribution >= 4 is 5.78 Å². The minimum Gasteiger partial charge on any atom is -0.293 e. The normalized spacial score (nSPS) is 10.7. The molecule has 2 aromatic carbocycles. The van der Waals surface area contributed by atoms with Crippen LogP contribution in [0.4, 0.5) is 4.39 Å². The Hall–Kier alpha value is -3.26. The number of unbranched alkanes of at least 4 members (excludes halogenated alkanes) is 3. The highest BCUT2D eigenvalue weighted by Gasteiger charge is 2.17. The zero-order valence-corrected chi connectivity index (χ0v) is 16.8. The maximum Gasteiger partial charge on any atom is 0.180 e. The van der Waals surface area contributed by atoms with E-state index >= 15 is 0 Å². The van der Waals surface area contributed by atoms with Crippen molar-refractivity contribution in [2.45, 2.75) is 46.0 Å². The molecule has 0 N–H and O–H groups in total. The van der Waals surface area contributed by atoms with Crippen molar-refractivity contribution < 1.29 is 9.18 Å². The number of hydrogen-bond donors (Lipinski definition) is 0. The maximum atomic E-state index is 14.9. The molecule has 0 unspecified atom stereocenters. The number of benzene rings is 2. The first-order chi connectivity index (χ1) is 14.0. The van der Waals surface area contributed by atoms with Crippen LogP contribution in [0.2, 0.25) is 0 Å². The predicted octanol–water partition coefficient (Wildman–Crippen LogP) is 5.88. The number of halogens is 1. The van der Waals surface area contributed by atoms with Crippen molar-refractivity contribution in [1.29, 1.82) is 5.26 Å². The van der Waals surface area contributed by atoms with Crippen LogP contribution in [-0.2, 0) is 6.42 Å². The van der Waals surface area contributed by atoms with Gasteiger partial charge in [-0.15, -0.1) is 0 Å². The van der Waals surface area contributed by atoms with Crippen molar-refractivity contribution in [3.05, 3.63) is 71.2 Å². The Bertz CT molecular complexity index is 1040. The average Bonchev–Trinajstić information content (AvgIpc) is 3.17. The fourth-order valence-electron chi connectivity index (χ4n) is 3.29. The van der Waals surface area contributed by atoms with Crippen molar-refractivity contribution in [1.82, 2.24) is 9.78 Å². The number of carbonyl (C=O) groups excluding carboxylic acids is 1. The van der Waals surface area contributed by atoms with Gasteiger partial charge >= 0.3 is 0 Å². The summed E-state index contributed by atoms with van der Waals surface area (Å²) in [7, 11) is 0. The van der Waals surface area contributed by atoms with Crippen molar-refractivity contribution in [2.75, 3.05) is 0 Å². The summed E-state index contributed by atoms with van der Waals surface area (Å²) < 4.78 is 16.4. The van der Waals surface area contributed by atoms with E-state index < -0.39 is 0 Å². The van der Waals surface area contributed by atoms with Crippen LogP contribution < -0.4 is 0 Å². The summed E-state index contributed by atoms with van der Waals surface area (Å²) in [4.78, 5) is 11.9. The fraction of sp³-hybridized carbons (Fsp3) is 0.292. The van der Waals surface area contributed by atoms with Gasteiger partial charge in [0.05, 0.1) is 17.3 Å². The molecule has 0 bridgehead atoms. The van der Waals surface area contributed by atoms with Gasteiger partial charge in [-0.2, -0.15) is 10.4 Å². The summed E-state index contributed by atoms with van der Waals surface area (Å²) in [6.07, 6.45) is 5.39. The maximum absolute atomic E-state index is 14.9. The number of nitrogens with zero attached hydrogens (tertiary/aromatic N) is 3. The summed E-state index contributed by atoms with van der Waals surface area (Å²) in [5.74, 6) is -0.558. The number of ketones is 1. The van der Waals surface area contributed by atoms with Crippen molar-refractivity contribution in [3.63, 3.8) is 0 Å². The van der Waals surface area contributed by atoms with E-state index in [9.17, 15) is 9.18 Å². The molecule has 29 heavy (non-hydrogen) atoms. The second-order valence-electron chi connectivity index (χ2n) is 7.17. The SMILES string of the molecule is CCCCCCc1ccc(-n2nc(C(C)=O)cc2-c2ccc(C#N)cc2)c(F)c1. The van der Waals surface area contributed by atoms with Crippen LogP contribution in [0.3, 0.4) is 0 Å². The first-order valence-corrected chi connectivity index (χ1v) is 9.93. The summed E-state index contributed by atoms with van der Waals surface area (Å²) in [6, 6.07) is 15.9. The standard InChI is InChI=1S/C24H24FN3O/c1-3-4-5-6-7-18-10-13-23(21(25)14-18)28-24(15-22(27-28)17(2)29)20-11-8-19(16-26)9-12-20/h8-15H,3-7H2,1-2H3. The molecular formula is C24H24FN3O. The number of hydrogen-bond acceptors (Lipinski definition) is 3. The molecule has 1 heterocycles. The first kappa shape index (κ1) is 20.5. The van der Waals surface area contributed by atoms with Crippen molar-refractivity contribution in [3.8, 4) is 23.0 Å².